The molecule has 3 atom stereocenters. The number of carbonyl (C=O) groups is 2. The Kier molecular flexibility index (Phi) is 2.68. The Bertz CT molecular complexity index is 742. The number of fused-ring (bicyclic) bond motifs is 1. The van der Waals surface area contributed by atoms with Crippen LogP contribution in [0.4, 0.5) is 0 Å². The van der Waals surface area contributed by atoms with E-state index in [2.05, 4.69) is 10.3 Å². The van der Waals surface area contributed by atoms with Crippen LogP contribution in [-0.2, 0) is 26.0 Å². The summed E-state index contributed by atoms with van der Waals surface area (Å²) in [4.78, 5) is 24.1. The van der Waals surface area contributed by atoms with E-state index in [9.17, 15) is 23.1 Å². The van der Waals surface area contributed by atoms with Crippen LogP contribution in [0.15, 0.2) is 6.20 Å². The van der Waals surface area contributed by atoms with Gasteiger partial charge in [0.25, 0.3) is 0 Å². The van der Waals surface area contributed by atoms with Gasteiger partial charge in [0.15, 0.2) is 15.9 Å². The highest BCUT2D eigenvalue weighted by Crippen LogP contribution is 2.46. The van der Waals surface area contributed by atoms with Crippen molar-refractivity contribution < 1.29 is 23.1 Å². The number of sulfone groups is 1. The molecular weight excluding hydrogens is 300 g/mol. The van der Waals surface area contributed by atoms with Crippen LogP contribution >= 0.6 is 0 Å². The van der Waals surface area contributed by atoms with Gasteiger partial charge in [0.05, 0.1) is 24.9 Å². The number of carbonyl (C=O) groups excluding carboxylic acids is 1. The maximum absolute atomic E-state index is 12.7. The summed E-state index contributed by atoms with van der Waals surface area (Å²) in [5, 5.41) is 15.8. The second kappa shape index (κ2) is 4.03. The topological polar surface area (TPSA) is 122 Å². The fourth-order valence-corrected chi connectivity index (χ4v) is 5.40. The summed E-state index contributed by atoms with van der Waals surface area (Å²) < 4.78 is 25.0. The second-order valence-corrected chi connectivity index (χ2v) is 8.16. The minimum absolute atomic E-state index is 0.154. The third kappa shape index (κ3) is 1.59. The SMILES string of the molecule is Cc1cnnn1C[C@@]1(C)[C@H](C(=O)O)N2C(=O)C[C@@H]2S1(=O)=O. The zero-order chi connectivity index (χ0) is 15.6. The predicted octanol–water partition coefficient (Wildman–Crippen LogP) is -1.21. The summed E-state index contributed by atoms with van der Waals surface area (Å²) in [6.45, 7) is 2.90. The minimum atomic E-state index is -3.81. The van der Waals surface area contributed by atoms with Gasteiger partial charge in [0.1, 0.15) is 10.1 Å². The highest BCUT2D eigenvalue weighted by molar-refractivity contribution is 7.93. The lowest BCUT2D eigenvalue weighted by Gasteiger charge is -2.35. The van der Waals surface area contributed by atoms with Gasteiger partial charge in [-0.2, -0.15) is 0 Å². The van der Waals surface area contributed by atoms with Gasteiger partial charge < -0.3 is 10.0 Å². The molecule has 0 aliphatic carbocycles. The number of nitrogens with zero attached hydrogens (tertiary/aromatic N) is 4. The first-order chi connectivity index (χ1) is 9.70. The van der Waals surface area contributed by atoms with E-state index in [0.29, 0.717) is 5.69 Å². The second-order valence-electron chi connectivity index (χ2n) is 5.59. The normalized spacial score (nSPS) is 33.6. The maximum atomic E-state index is 12.7. The molecule has 0 aromatic carbocycles. The lowest BCUT2D eigenvalue weighted by atomic mass is 9.96. The molecule has 1 amide bonds. The summed E-state index contributed by atoms with van der Waals surface area (Å²) in [7, 11) is -3.81. The van der Waals surface area contributed by atoms with Gasteiger partial charge in [-0.15, -0.1) is 5.10 Å². The lowest BCUT2D eigenvalue weighted by Crippen LogP contribution is -2.58. The van der Waals surface area contributed by atoms with Crippen LogP contribution in [0.2, 0.25) is 0 Å². The number of aromatic nitrogens is 3. The molecule has 0 unspecified atom stereocenters. The average Bonchev–Trinajstić information content (AvgIpc) is 2.81. The highest BCUT2D eigenvalue weighted by Gasteiger charge is 2.70. The standard InChI is InChI=1S/C11H14N4O5S/c1-6-4-12-13-14(6)5-11(2)9(10(17)18)15-7(16)3-8(15)21(11,19)20/h4,8-9H,3,5H2,1-2H3,(H,17,18)/t8-,9-,11-/m0/s1. The molecule has 0 bridgehead atoms. The number of hydrogen-bond donors (Lipinski definition) is 1. The van der Waals surface area contributed by atoms with E-state index in [1.54, 1.807) is 6.92 Å². The first-order valence-electron chi connectivity index (χ1n) is 6.32. The van der Waals surface area contributed by atoms with E-state index in [1.165, 1.54) is 17.8 Å². The van der Waals surface area contributed by atoms with Crippen molar-refractivity contribution in [1.29, 1.82) is 0 Å². The number of carboxylic acids is 1. The van der Waals surface area contributed by atoms with E-state index >= 15 is 0 Å². The lowest BCUT2D eigenvalue weighted by molar-refractivity contribution is -0.157. The summed E-state index contributed by atoms with van der Waals surface area (Å²) in [5.41, 5.74) is 0.621. The van der Waals surface area contributed by atoms with E-state index in [4.69, 9.17) is 0 Å². The van der Waals surface area contributed by atoms with E-state index < -0.39 is 37.9 Å². The fraction of sp³-hybridized carbons (Fsp3) is 0.636. The highest BCUT2D eigenvalue weighted by atomic mass is 32.2. The number of amides is 1. The largest absolute Gasteiger partial charge is 0.480 e. The number of rotatable bonds is 3. The van der Waals surface area contributed by atoms with Gasteiger partial charge in [0, 0.05) is 0 Å². The molecule has 2 fully saturated rings. The maximum Gasteiger partial charge on any atom is 0.328 e. The summed E-state index contributed by atoms with van der Waals surface area (Å²) in [6.07, 6.45) is 1.30. The van der Waals surface area contributed by atoms with E-state index in [-0.39, 0.29) is 13.0 Å². The first-order valence-corrected chi connectivity index (χ1v) is 7.87. The van der Waals surface area contributed by atoms with Gasteiger partial charge in [-0.05, 0) is 13.8 Å². The minimum Gasteiger partial charge on any atom is -0.480 e. The molecule has 1 N–H and O–H groups in total. The molecule has 9 nitrogen and oxygen atoms in total. The van der Waals surface area contributed by atoms with Crippen LogP contribution in [0, 0.1) is 6.92 Å². The van der Waals surface area contributed by atoms with Crippen molar-refractivity contribution in [3.63, 3.8) is 0 Å². The fourth-order valence-electron chi connectivity index (χ4n) is 3.05. The molecule has 114 valence electrons. The molecule has 2 aliphatic rings. The van der Waals surface area contributed by atoms with E-state index in [1.807, 2.05) is 0 Å². The third-order valence-corrected chi connectivity index (χ3v) is 7.08. The average molecular weight is 314 g/mol. The Morgan fingerprint density at radius 3 is 2.71 bits per heavy atom. The first kappa shape index (κ1) is 14.0. The number of aliphatic carboxylic acids is 1. The van der Waals surface area contributed by atoms with Gasteiger partial charge in [-0.3, -0.25) is 4.79 Å². The Morgan fingerprint density at radius 1 is 1.57 bits per heavy atom. The van der Waals surface area contributed by atoms with Crippen LogP contribution in [0.5, 0.6) is 0 Å². The van der Waals surface area contributed by atoms with E-state index in [0.717, 1.165) is 4.90 Å². The summed E-state index contributed by atoms with van der Waals surface area (Å²) in [5.74, 6) is -1.77. The van der Waals surface area contributed by atoms with Gasteiger partial charge >= 0.3 is 5.97 Å². The molecule has 1 aromatic rings. The van der Waals surface area contributed by atoms with Crippen LogP contribution in [-0.4, -0.2) is 61.5 Å². The monoisotopic (exact) mass is 314 g/mol. The van der Waals surface area contributed by atoms with Crippen molar-refractivity contribution in [2.24, 2.45) is 0 Å². The molecule has 0 saturated carbocycles. The van der Waals surface area contributed by atoms with Crippen LogP contribution < -0.4 is 0 Å². The molecule has 21 heavy (non-hydrogen) atoms. The van der Waals surface area contributed by atoms with Gasteiger partial charge in [-0.25, -0.2) is 17.9 Å². The van der Waals surface area contributed by atoms with Crippen molar-refractivity contribution in [3.8, 4) is 0 Å². The molecule has 3 rings (SSSR count). The van der Waals surface area contributed by atoms with Crippen LogP contribution in [0.25, 0.3) is 0 Å². The summed E-state index contributed by atoms with van der Waals surface area (Å²) >= 11 is 0. The molecule has 10 heteroatoms. The molecule has 3 heterocycles. The van der Waals surface area contributed by atoms with Crippen molar-refractivity contribution >= 4 is 21.7 Å². The molecule has 0 radical (unpaired) electrons. The summed E-state index contributed by atoms with van der Waals surface area (Å²) in [6, 6.07) is -1.41. The zero-order valence-electron chi connectivity index (χ0n) is 11.4. The molecule has 0 spiro atoms. The Morgan fingerprint density at radius 2 is 2.24 bits per heavy atom. The van der Waals surface area contributed by atoms with Crippen molar-refractivity contribution in [2.75, 3.05) is 0 Å². The number of β-lactam (4-membered cyclic amide) rings is 1. The third-order valence-electron chi connectivity index (χ3n) is 4.32. The van der Waals surface area contributed by atoms with Crippen molar-refractivity contribution in [3.05, 3.63) is 11.9 Å². The van der Waals surface area contributed by atoms with Crippen LogP contribution in [0.1, 0.15) is 19.0 Å². The smallest absolute Gasteiger partial charge is 0.328 e. The van der Waals surface area contributed by atoms with Crippen LogP contribution in [0.3, 0.4) is 0 Å². The van der Waals surface area contributed by atoms with Gasteiger partial charge in [-0.1, -0.05) is 5.21 Å². The Labute approximate surface area is 120 Å². The number of aryl methyl sites for hydroxylation is 1. The van der Waals surface area contributed by atoms with Crippen molar-refractivity contribution in [1.82, 2.24) is 19.9 Å². The molecular formula is C11H14N4O5S. The number of hydrogen-bond acceptors (Lipinski definition) is 6. The Balaban J connectivity index is 2.11. The molecule has 2 aliphatic heterocycles. The zero-order valence-corrected chi connectivity index (χ0v) is 12.2. The quantitative estimate of drug-likeness (QED) is 0.694. The number of carboxylic acid groups (broad SMARTS) is 1. The molecule has 2 saturated heterocycles. The molecule has 1 aromatic heterocycles. The van der Waals surface area contributed by atoms with Crippen molar-refractivity contribution in [2.45, 2.75) is 43.0 Å². The van der Waals surface area contributed by atoms with Gasteiger partial charge in [0.2, 0.25) is 5.91 Å². The predicted molar refractivity (Wildman–Crippen MR) is 68.8 cm³/mol. The Hall–Kier alpha value is -1.97.